The van der Waals surface area contributed by atoms with Crippen LogP contribution in [0.4, 0.5) is 0 Å². The summed E-state index contributed by atoms with van der Waals surface area (Å²) < 4.78 is 5.63. The van der Waals surface area contributed by atoms with E-state index in [0.717, 1.165) is 21.6 Å². The van der Waals surface area contributed by atoms with Gasteiger partial charge in [0.2, 0.25) is 0 Å². The van der Waals surface area contributed by atoms with E-state index in [9.17, 15) is 9.90 Å². The topological polar surface area (TPSA) is 62.3 Å². The zero-order valence-corrected chi connectivity index (χ0v) is 19.4. The summed E-state index contributed by atoms with van der Waals surface area (Å²) in [5.41, 5.74) is 3.09. The lowest BCUT2D eigenvalue weighted by Gasteiger charge is -2.28. The number of aromatic hydroxyl groups is 1. The minimum absolute atomic E-state index is 0.252. The Balaban J connectivity index is 2.81. The number of aromatic nitrogens is 1. The molecule has 0 saturated heterocycles. The number of carbonyl (C=O) groups excluding carboxylic acids is 1. The number of hydrogen-bond donors (Lipinski definition) is 2. The van der Waals surface area contributed by atoms with Gasteiger partial charge in [0.1, 0.15) is 5.75 Å². The van der Waals surface area contributed by atoms with Gasteiger partial charge in [-0.2, -0.15) is 0 Å². The maximum Gasteiger partial charge on any atom is 0.340 e. The summed E-state index contributed by atoms with van der Waals surface area (Å²) in [4.78, 5) is 16.5. The number of esters is 1. The highest BCUT2D eigenvalue weighted by Crippen LogP contribution is 2.40. The Morgan fingerprint density at radius 2 is 1.64 bits per heavy atom. The second-order valence-electron chi connectivity index (χ2n) is 8.96. The molecule has 6 heteroatoms. The molecule has 0 aliphatic rings. The molecule has 1 aromatic heterocycles. The van der Waals surface area contributed by atoms with Crippen LogP contribution in [0.1, 0.15) is 68.8 Å². The molecule has 0 bridgehead atoms. The first-order valence-electron chi connectivity index (χ1n) is 9.13. The van der Waals surface area contributed by atoms with Gasteiger partial charge in [0.15, 0.2) is 3.95 Å². The number of nitrogens with one attached hydrogen (secondary N) is 1. The molecule has 0 unspecified atom stereocenters. The molecule has 152 valence electrons. The summed E-state index contributed by atoms with van der Waals surface area (Å²) in [7, 11) is 1.37. The number of thiazole rings is 1. The number of carbonyl (C=O) groups is 1. The minimum Gasteiger partial charge on any atom is -0.507 e. The second-order valence-corrected chi connectivity index (χ2v) is 10.9. The van der Waals surface area contributed by atoms with Crippen molar-refractivity contribution in [2.24, 2.45) is 0 Å². The van der Waals surface area contributed by atoms with E-state index in [1.165, 1.54) is 18.4 Å². The Labute approximate surface area is 176 Å². The number of aryl methyl sites for hydroxylation is 1. The normalized spacial score (nSPS) is 12.9. The number of H-pyrrole nitrogens is 1. The van der Waals surface area contributed by atoms with Crippen molar-refractivity contribution in [3.8, 4) is 5.75 Å². The van der Waals surface area contributed by atoms with Gasteiger partial charge in [-0.3, -0.25) is 0 Å². The number of phenols is 1. The van der Waals surface area contributed by atoms with Gasteiger partial charge in [-0.15, -0.1) is 11.3 Å². The van der Waals surface area contributed by atoms with Crippen LogP contribution in [-0.2, 0) is 20.4 Å². The number of aromatic amines is 1. The summed E-state index contributed by atoms with van der Waals surface area (Å²) in [6.45, 7) is 14.3. The van der Waals surface area contributed by atoms with Gasteiger partial charge in [0.25, 0.3) is 0 Å². The van der Waals surface area contributed by atoms with Gasteiger partial charge in [-0.05, 0) is 53.7 Å². The molecule has 28 heavy (non-hydrogen) atoms. The number of methoxy groups -OCH3 is 1. The molecule has 2 rings (SSSR count). The standard InChI is InChI=1S/C22H29NO3S2/c1-12-17(23-20(27)28-12)14(19(25)26-8)9-13-10-15(21(2,3)4)18(24)16(11-13)22(5,6)7/h9-11,24H,1-8H3,(H,23,27)/b14-9-. The summed E-state index contributed by atoms with van der Waals surface area (Å²) in [6, 6.07) is 3.87. The van der Waals surface area contributed by atoms with Crippen LogP contribution in [0.25, 0.3) is 11.6 Å². The van der Waals surface area contributed by atoms with Crippen molar-refractivity contribution in [2.75, 3.05) is 7.11 Å². The molecule has 1 aromatic carbocycles. The fraction of sp³-hybridized carbons (Fsp3) is 0.455. The lowest BCUT2D eigenvalue weighted by Crippen LogP contribution is -2.17. The van der Waals surface area contributed by atoms with E-state index in [-0.39, 0.29) is 10.8 Å². The molecular formula is C22H29NO3S2. The SMILES string of the molecule is COC(=O)/C(=C\c1cc(C(C)(C)C)c(O)c(C(C)(C)C)c1)c1[nH]c(=S)sc1C. The first-order valence-corrected chi connectivity index (χ1v) is 10.4. The van der Waals surface area contributed by atoms with E-state index in [1.807, 2.05) is 19.1 Å². The van der Waals surface area contributed by atoms with Crippen molar-refractivity contribution in [3.63, 3.8) is 0 Å². The van der Waals surface area contributed by atoms with E-state index in [1.54, 1.807) is 6.08 Å². The fourth-order valence-corrected chi connectivity index (χ4v) is 4.23. The predicted octanol–water partition coefficient (Wildman–Crippen LogP) is 6.13. The molecule has 4 nitrogen and oxygen atoms in total. The van der Waals surface area contributed by atoms with Crippen LogP contribution < -0.4 is 0 Å². The van der Waals surface area contributed by atoms with E-state index in [0.29, 0.717) is 21.0 Å². The maximum absolute atomic E-state index is 12.5. The fourth-order valence-electron chi connectivity index (χ4n) is 3.06. The molecule has 0 saturated carbocycles. The van der Waals surface area contributed by atoms with Crippen molar-refractivity contribution in [3.05, 3.63) is 43.3 Å². The van der Waals surface area contributed by atoms with Crippen LogP contribution in [-0.4, -0.2) is 23.2 Å². The Morgan fingerprint density at radius 3 is 2.00 bits per heavy atom. The van der Waals surface area contributed by atoms with Crippen molar-refractivity contribution in [1.29, 1.82) is 0 Å². The Morgan fingerprint density at radius 1 is 1.14 bits per heavy atom. The lowest BCUT2D eigenvalue weighted by atomic mass is 9.78. The molecule has 0 amide bonds. The largest absolute Gasteiger partial charge is 0.507 e. The van der Waals surface area contributed by atoms with Crippen molar-refractivity contribution in [1.82, 2.24) is 4.98 Å². The van der Waals surface area contributed by atoms with Gasteiger partial charge in [0, 0.05) is 16.0 Å². The zero-order valence-electron chi connectivity index (χ0n) is 17.8. The number of benzene rings is 1. The third-order valence-electron chi connectivity index (χ3n) is 4.56. The second kappa shape index (κ2) is 7.84. The van der Waals surface area contributed by atoms with Crippen LogP contribution >= 0.6 is 23.6 Å². The summed E-state index contributed by atoms with van der Waals surface area (Å²) in [6.07, 6.45) is 1.80. The average molecular weight is 420 g/mol. The number of hydrogen-bond acceptors (Lipinski definition) is 5. The molecule has 0 fully saturated rings. The number of rotatable bonds is 3. The molecule has 0 aliphatic heterocycles. The molecule has 2 aromatic rings. The Hall–Kier alpha value is -1.92. The highest BCUT2D eigenvalue weighted by Gasteiger charge is 2.27. The first kappa shape index (κ1) is 22.4. The summed E-state index contributed by atoms with van der Waals surface area (Å²) >= 11 is 6.66. The predicted molar refractivity (Wildman–Crippen MR) is 120 cm³/mol. The van der Waals surface area contributed by atoms with E-state index >= 15 is 0 Å². The minimum atomic E-state index is -0.435. The Kier molecular flexibility index (Phi) is 6.26. The van der Waals surface area contributed by atoms with Gasteiger partial charge in [-0.25, -0.2) is 4.79 Å². The van der Waals surface area contributed by atoms with Crippen LogP contribution in [0.15, 0.2) is 12.1 Å². The van der Waals surface area contributed by atoms with E-state index in [4.69, 9.17) is 17.0 Å². The highest BCUT2D eigenvalue weighted by atomic mass is 32.1. The third-order valence-corrected chi connectivity index (χ3v) is 5.71. The molecule has 1 heterocycles. The number of ether oxygens (including phenoxy) is 1. The van der Waals surface area contributed by atoms with Crippen molar-refractivity contribution >= 4 is 41.2 Å². The lowest BCUT2D eigenvalue weighted by molar-refractivity contribution is -0.133. The smallest absolute Gasteiger partial charge is 0.340 e. The van der Waals surface area contributed by atoms with E-state index in [2.05, 4.69) is 46.5 Å². The van der Waals surface area contributed by atoms with Crippen LogP contribution in [0, 0.1) is 10.9 Å². The number of phenolic OH excluding ortho intramolecular Hbond substituents is 1. The quantitative estimate of drug-likeness (QED) is 0.357. The van der Waals surface area contributed by atoms with Gasteiger partial charge in [-0.1, -0.05) is 41.5 Å². The average Bonchev–Trinajstić information content (AvgIpc) is 2.89. The summed E-state index contributed by atoms with van der Waals surface area (Å²) in [5, 5.41) is 10.9. The molecule has 0 aliphatic carbocycles. The van der Waals surface area contributed by atoms with Gasteiger partial charge >= 0.3 is 5.97 Å². The maximum atomic E-state index is 12.5. The zero-order chi connectivity index (χ0) is 21.4. The molecule has 0 atom stereocenters. The highest BCUT2D eigenvalue weighted by molar-refractivity contribution is 7.73. The summed E-state index contributed by atoms with van der Waals surface area (Å²) in [5.74, 6) is -0.127. The van der Waals surface area contributed by atoms with Crippen LogP contribution in [0.5, 0.6) is 5.75 Å². The van der Waals surface area contributed by atoms with E-state index < -0.39 is 5.97 Å². The molecule has 0 radical (unpaired) electrons. The van der Waals surface area contributed by atoms with Gasteiger partial charge in [0.05, 0.1) is 18.4 Å². The van der Waals surface area contributed by atoms with Crippen molar-refractivity contribution < 1.29 is 14.6 Å². The van der Waals surface area contributed by atoms with Crippen LogP contribution in [0.3, 0.4) is 0 Å². The molecule has 0 spiro atoms. The molecule has 2 N–H and O–H groups in total. The Bertz CT molecular complexity index is 947. The molecular weight excluding hydrogens is 390 g/mol. The van der Waals surface area contributed by atoms with Crippen molar-refractivity contribution in [2.45, 2.75) is 59.3 Å². The first-order chi connectivity index (χ1) is 12.8. The van der Waals surface area contributed by atoms with Gasteiger partial charge < -0.3 is 14.8 Å². The van der Waals surface area contributed by atoms with Crippen LogP contribution in [0.2, 0.25) is 0 Å². The monoisotopic (exact) mass is 419 g/mol. The third kappa shape index (κ3) is 4.73.